The Morgan fingerprint density at radius 2 is 1.61 bits per heavy atom. The lowest BCUT2D eigenvalue weighted by atomic mass is 10.0. The predicted molar refractivity (Wildman–Crippen MR) is 146 cm³/mol. The number of carboxylic acid groups (broad SMARTS) is 1. The summed E-state index contributed by atoms with van der Waals surface area (Å²) in [6, 6.07) is 5.38. The topological polar surface area (TPSA) is 179 Å². The largest absolute Gasteiger partial charge is 0.480 e. The van der Waals surface area contributed by atoms with E-state index in [-0.39, 0.29) is 18.8 Å². The van der Waals surface area contributed by atoms with Crippen molar-refractivity contribution in [1.82, 2.24) is 25.9 Å². The van der Waals surface area contributed by atoms with Gasteiger partial charge < -0.3 is 31.8 Å². The zero-order valence-electron chi connectivity index (χ0n) is 22.0. The summed E-state index contributed by atoms with van der Waals surface area (Å²) in [7, 11) is 0. The highest BCUT2D eigenvalue weighted by Crippen LogP contribution is 2.09. The maximum Gasteiger partial charge on any atom is 0.326 e. The van der Waals surface area contributed by atoms with Crippen molar-refractivity contribution in [3.8, 4) is 0 Å². The van der Waals surface area contributed by atoms with Gasteiger partial charge in [0.25, 0.3) is 0 Å². The van der Waals surface area contributed by atoms with Gasteiger partial charge in [-0.1, -0.05) is 44.2 Å². The molecule has 2 rings (SSSR count). The number of nitrogens with one attached hydrogen (secondary N) is 4. The van der Waals surface area contributed by atoms with Crippen LogP contribution in [0.25, 0.3) is 0 Å². The summed E-state index contributed by atoms with van der Waals surface area (Å²) in [5.41, 5.74) is 7.56. The molecule has 1 aromatic heterocycles. The van der Waals surface area contributed by atoms with Gasteiger partial charge >= 0.3 is 5.97 Å². The van der Waals surface area contributed by atoms with E-state index in [0.717, 1.165) is 5.56 Å². The number of carbonyl (C=O) groups excluding carboxylic acids is 3. The fourth-order valence-corrected chi connectivity index (χ4v) is 4.28. The highest BCUT2D eigenvalue weighted by molar-refractivity contribution is 7.98. The number of imidazole rings is 1. The second kappa shape index (κ2) is 15.8. The van der Waals surface area contributed by atoms with Crippen LogP contribution in [0.3, 0.4) is 0 Å². The van der Waals surface area contributed by atoms with E-state index in [9.17, 15) is 24.3 Å². The molecule has 208 valence electrons. The van der Waals surface area contributed by atoms with Crippen LogP contribution in [0, 0.1) is 5.92 Å². The Bertz CT molecular complexity index is 1030. The Balaban J connectivity index is 2.09. The van der Waals surface area contributed by atoms with E-state index in [0.29, 0.717) is 24.3 Å². The van der Waals surface area contributed by atoms with Gasteiger partial charge in [-0.05, 0) is 42.8 Å². The number of carbonyl (C=O) groups is 4. The molecule has 0 spiro atoms. The molecule has 0 bridgehead atoms. The van der Waals surface area contributed by atoms with Crippen LogP contribution in [0.15, 0.2) is 42.9 Å². The average molecular weight is 547 g/mol. The number of aliphatic carboxylic acids is 1. The number of H-pyrrole nitrogens is 1. The van der Waals surface area contributed by atoms with Crippen LogP contribution < -0.4 is 21.7 Å². The zero-order chi connectivity index (χ0) is 28.1. The summed E-state index contributed by atoms with van der Waals surface area (Å²) in [5, 5.41) is 17.6. The number of nitrogens with two attached hydrogens (primary N) is 1. The van der Waals surface area contributed by atoms with E-state index in [2.05, 4.69) is 25.9 Å². The normalized spacial score (nSPS) is 14.2. The molecule has 0 aliphatic carbocycles. The third-order valence-electron chi connectivity index (χ3n) is 5.81. The lowest BCUT2D eigenvalue weighted by molar-refractivity contribution is -0.142. The van der Waals surface area contributed by atoms with Gasteiger partial charge in [-0.2, -0.15) is 11.8 Å². The summed E-state index contributed by atoms with van der Waals surface area (Å²) in [5.74, 6) is -2.19. The van der Waals surface area contributed by atoms with Crippen molar-refractivity contribution in [3.05, 3.63) is 54.1 Å². The third kappa shape index (κ3) is 10.5. The lowest BCUT2D eigenvalue weighted by Gasteiger charge is -2.26. The first-order valence-electron chi connectivity index (χ1n) is 12.5. The van der Waals surface area contributed by atoms with Gasteiger partial charge in [0.05, 0.1) is 12.4 Å². The summed E-state index contributed by atoms with van der Waals surface area (Å²) in [6.45, 7) is 3.84. The smallest absolute Gasteiger partial charge is 0.326 e. The number of thioether (sulfide) groups is 1. The maximum atomic E-state index is 13.3. The van der Waals surface area contributed by atoms with Crippen LogP contribution >= 0.6 is 11.8 Å². The van der Waals surface area contributed by atoms with Gasteiger partial charge in [-0.15, -0.1) is 0 Å². The van der Waals surface area contributed by atoms with Crippen LogP contribution in [0.5, 0.6) is 0 Å². The number of hydrogen-bond acceptors (Lipinski definition) is 7. The van der Waals surface area contributed by atoms with E-state index in [1.165, 1.54) is 24.3 Å². The number of hydrogen-bond donors (Lipinski definition) is 6. The maximum absolute atomic E-state index is 13.3. The van der Waals surface area contributed by atoms with E-state index in [4.69, 9.17) is 5.73 Å². The number of aromatic amines is 1. The number of benzene rings is 1. The number of aromatic nitrogens is 2. The molecule has 1 heterocycles. The molecule has 3 amide bonds. The summed E-state index contributed by atoms with van der Waals surface area (Å²) >= 11 is 1.49. The molecule has 4 atom stereocenters. The highest BCUT2D eigenvalue weighted by Gasteiger charge is 2.30. The van der Waals surface area contributed by atoms with Gasteiger partial charge in [0.2, 0.25) is 17.7 Å². The molecule has 0 aliphatic heterocycles. The number of nitrogens with zero attached hydrogens (tertiary/aromatic N) is 1. The Morgan fingerprint density at radius 1 is 0.974 bits per heavy atom. The molecule has 7 N–H and O–H groups in total. The van der Waals surface area contributed by atoms with Crippen molar-refractivity contribution >= 4 is 35.5 Å². The monoisotopic (exact) mass is 546 g/mol. The SMILES string of the molecule is CSCCC(NC(=O)C(CC(C)C)NC(=O)C(N)Cc1ccccc1)C(=O)NC(Cc1cnc[nH]1)C(=O)O. The van der Waals surface area contributed by atoms with Crippen molar-refractivity contribution in [2.45, 2.75) is 63.7 Å². The van der Waals surface area contributed by atoms with Gasteiger partial charge in [0, 0.05) is 18.3 Å². The highest BCUT2D eigenvalue weighted by atomic mass is 32.2. The molecule has 1 aromatic carbocycles. The molecular weight excluding hydrogens is 508 g/mol. The minimum absolute atomic E-state index is 0.00953. The number of carboxylic acids is 1. The van der Waals surface area contributed by atoms with Crippen LogP contribution in [0.4, 0.5) is 0 Å². The van der Waals surface area contributed by atoms with Gasteiger partial charge in [-0.25, -0.2) is 9.78 Å². The van der Waals surface area contributed by atoms with E-state index in [1.807, 2.05) is 50.4 Å². The summed E-state index contributed by atoms with van der Waals surface area (Å²) < 4.78 is 0. The average Bonchev–Trinajstić information content (AvgIpc) is 3.39. The minimum Gasteiger partial charge on any atom is -0.480 e. The van der Waals surface area contributed by atoms with Gasteiger partial charge in [-0.3, -0.25) is 14.4 Å². The summed E-state index contributed by atoms with van der Waals surface area (Å²) in [4.78, 5) is 57.6. The second-order valence-electron chi connectivity index (χ2n) is 9.51. The Morgan fingerprint density at radius 3 is 2.18 bits per heavy atom. The van der Waals surface area contributed by atoms with Crippen molar-refractivity contribution < 1.29 is 24.3 Å². The van der Waals surface area contributed by atoms with Crippen LogP contribution in [0.1, 0.15) is 37.9 Å². The molecule has 0 saturated carbocycles. The molecule has 0 fully saturated rings. The Kier molecular flexibility index (Phi) is 12.8. The first kappa shape index (κ1) is 30.8. The molecule has 4 unspecified atom stereocenters. The molecule has 11 nitrogen and oxygen atoms in total. The number of rotatable bonds is 16. The predicted octanol–water partition coefficient (Wildman–Crippen LogP) is 0.860. The Hall–Kier alpha value is -3.38. The minimum atomic E-state index is -1.21. The molecule has 0 aliphatic rings. The second-order valence-corrected chi connectivity index (χ2v) is 10.5. The van der Waals surface area contributed by atoms with Crippen molar-refractivity contribution in [2.75, 3.05) is 12.0 Å². The van der Waals surface area contributed by atoms with Crippen molar-refractivity contribution in [3.63, 3.8) is 0 Å². The molecule has 2 aromatic rings. The van der Waals surface area contributed by atoms with Gasteiger partial charge in [0.1, 0.15) is 18.1 Å². The Labute approximate surface area is 227 Å². The van der Waals surface area contributed by atoms with E-state index in [1.54, 1.807) is 0 Å². The van der Waals surface area contributed by atoms with Crippen LogP contribution in [0.2, 0.25) is 0 Å². The van der Waals surface area contributed by atoms with Crippen LogP contribution in [-0.2, 0) is 32.0 Å². The molecule has 0 radical (unpaired) electrons. The quantitative estimate of drug-likeness (QED) is 0.179. The molecule has 38 heavy (non-hydrogen) atoms. The van der Waals surface area contributed by atoms with Crippen LogP contribution in [-0.4, -0.2) is 74.9 Å². The molecule has 0 saturated heterocycles. The number of amides is 3. The van der Waals surface area contributed by atoms with Crippen molar-refractivity contribution in [1.29, 1.82) is 0 Å². The fraction of sp³-hybridized carbons (Fsp3) is 0.500. The molecule has 12 heteroatoms. The third-order valence-corrected chi connectivity index (χ3v) is 6.46. The van der Waals surface area contributed by atoms with E-state index < -0.39 is 47.9 Å². The van der Waals surface area contributed by atoms with Gasteiger partial charge in [0.15, 0.2) is 0 Å². The van der Waals surface area contributed by atoms with E-state index >= 15 is 0 Å². The first-order valence-corrected chi connectivity index (χ1v) is 13.9. The summed E-state index contributed by atoms with van der Waals surface area (Å²) in [6.07, 6.45) is 5.72. The zero-order valence-corrected chi connectivity index (χ0v) is 22.8. The van der Waals surface area contributed by atoms with Crippen molar-refractivity contribution in [2.24, 2.45) is 11.7 Å². The fourth-order valence-electron chi connectivity index (χ4n) is 3.81. The standard InChI is InChI=1S/C26H38N6O5S/c1-16(2)11-21(31-23(33)19(27)12-17-7-5-4-6-8-17)25(35)30-20(9-10-38-3)24(34)32-22(26(36)37)13-18-14-28-15-29-18/h4-8,14-16,19-22H,9-13,27H2,1-3H3,(H,28,29)(H,30,35)(H,31,33)(H,32,34)(H,36,37). The molecular formula is C26H38N6O5S. The first-order chi connectivity index (χ1) is 18.1. The lowest BCUT2D eigenvalue weighted by Crippen LogP contribution is -2.57.